The maximum atomic E-state index is 3.94. The molecule has 0 atom stereocenters. The van der Waals surface area contributed by atoms with Crippen LogP contribution < -0.4 is 0 Å². The third-order valence-electron chi connectivity index (χ3n) is 2.06. The molecule has 0 amide bonds. The fourth-order valence-electron chi connectivity index (χ4n) is 1.41. The van der Waals surface area contributed by atoms with Crippen LogP contribution in [-0.4, -0.2) is 0 Å². The largest absolute Gasteiger partial charge is 0.242 e. The Balaban J connectivity index is 0.000000810. The Hall–Kier alpha value is 0.714. The predicted octanol–water partition coefficient (Wildman–Crippen LogP) is 3.10. The molecule has 1 aliphatic rings. The molecule has 0 heterocycles. The first-order valence-corrected chi connectivity index (χ1v) is 3.81. The first-order chi connectivity index (χ1) is 4.30. The molecule has 1 saturated carbocycles. The van der Waals surface area contributed by atoms with Crippen molar-refractivity contribution in [3.8, 4) is 0 Å². The maximum absolute atomic E-state index is 3.94. The van der Waals surface area contributed by atoms with Crippen molar-refractivity contribution in [2.24, 2.45) is 0 Å². The summed E-state index contributed by atoms with van der Waals surface area (Å²) in [5.74, 6) is 1.61. The summed E-state index contributed by atoms with van der Waals surface area (Å²) in [7, 11) is 0. The van der Waals surface area contributed by atoms with Crippen LogP contribution in [0.4, 0.5) is 0 Å². The zero-order valence-corrected chi connectivity index (χ0v) is 9.66. The van der Waals surface area contributed by atoms with Crippen molar-refractivity contribution in [2.45, 2.75) is 39.0 Å². The Bertz CT molecular complexity index is 101. The SMILES string of the molecule is C=C(C)[C-]1CCCCC1.[Y]. The van der Waals surface area contributed by atoms with E-state index in [0.717, 1.165) is 0 Å². The predicted molar refractivity (Wildman–Crippen MR) is 41.1 cm³/mol. The molecule has 10 heavy (non-hydrogen) atoms. The van der Waals surface area contributed by atoms with Crippen molar-refractivity contribution < 1.29 is 32.7 Å². The molecule has 55 valence electrons. The number of hydrogen-bond acceptors (Lipinski definition) is 0. The van der Waals surface area contributed by atoms with Gasteiger partial charge in [0, 0.05) is 32.7 Å². The number of hydrogen-bond donors (Lipinski definition) is 0. The Labute approximate surface area is 89.3 Å². The van der Waals surface area contributed by atoms with Crippen molar-refractivity contribution in [2.75, 3.05) is 0 Å². The third kappa shape index (κ3) is 3.21. The van der Waals surface area contributed by atoms with E-state index in [0.29, 0.717) is 0 Å². The Kier molecular flexibility index (Phi) is 5.76. The van der Waals surface area contributed by atoms with Crippen molar-refractivity contribution in [1.29, 1.82) is 0 Å². The number of rotatable bonds is 1. The monoisotopic (exact) mass is 212 g/mol. The standard InChI is InChI=1S/C9H15.Y/c1-8(2)9-6-4-3-5-7-9;/h1,3-7H2,2H3;/q-1;. The summed E-state index contributed by atoms with van der Waals surface area (Å²) in [5, 5.41) is 0. The molecule has 0 aromatic carbocycles. The van der Waals surface area contributed by atoms with Crippen LogP contribution in [0.3, 0.4) is 0 Å². The van der Waals surface area contributed by atoms with Crippen LogP contribution >= 0.6 is 0 Å². The van der Waals surface area contributed by atoms with Crippen LogP contribution in [0.1, 0.15) is 39.0 Å². The van der Waals surface area contributed by atoms with Gasteiger partial charge in [-0.3, -0.25) is 0 Å². The van der Waals surface area contributed by atoms with Crippen LogP contribution in [0.2, 0.25) is 0 Å². The zero-order valence-electron chi connectivity index (χ0n) is 6.82. The molecule has 1 radical (unpaired) electrons. The first kappa shape index (κ1) is 10.7. The van der Waals surface area contributed by atoms with E-state index >= 15 is 0 Å². The van der Waals surface area contributed by atoms with Gasteiger partial charge in [-0.25, -0.2) is 18.1 Å². The van der Waals surface area contributed by atoms with Gasteiger partial charge < -0.3 is 0 Å². The Morgan fingerprint density at radius 2 is 1.70 bits per heavy atom. The van der Waals surface area contributed by atoms with E-state index in [1.54, 1.807) is 5.92 Å². The van der Waals surface area contributed by atoms with E-state index in [-0.39, 0.29) is 32.7 Å². The molecule has 1 aliphatic carbocycles. The summed E-state index contributed by atoms with van der Waals surface area (Å²) in [6.07, 6.45) is 6.84. The molecule has 0 aromatic heterocycles. The molecule has 0 aliphatic heterocycles. The minimum Gasteiger partial charge on any atom is -0.242 e. The van der Waals surface area contributed by atoms with E-state index in [2.05, 4.69) is 13.5 Å². The van der Waals surface area contributed by atoms with E-state index in [1.807, 2.05) is 0 Å². The summed E-state index contributed by atoms with van der Waals surface area (Å²) in [6, 6.07) is 0. The molecule has 1 rings (SSSR count). The fourth-order valence-corrected chi connectivity index (χ4v) is 1.41. The third-order valence-corrected chi connectivity index (χ3v) is 2.06. The van der Waals surface area contributed by atoms with Gasteiger partial charge in [0.05, 0.1) is 0 Å². The van der Waals surface area contributed by atoms with Gasteiger partial charge in [-0.05, 0) is 0 Å². The molecule has 0 unspecified atom stereocenters. The Morgan fingerprint density at radius 3 is 2.00 bits per heavy atom. The summed E-state index contributed by atoms with van der Waals surface area (Å²) in [6.45, 7) is 6.07. The van der Waals surface area contributed by atoms with Gasteiger partial charge >= 0.3 is 0 Å². The minimum atomic E-state index is 0. The summed E-state index contributed by atoms with van der Waals surface area (Å²) < 4.78 is 0. The van der Waals surface area contributed by atoms with E-state index in [4.69, 9.17) is 0 Å². The second-order valence-corrected chi connectivity index (χ2v) is 2.94. The molecule has 0 spiro atoms. The van der Waals surface area contributed by atoms with E-state index < -0.39 is 0 Å². The molecule has 0 bridgehead atoms. The summed E-state index contributed by atoms with van der Waals surface area (Å²) >= 11 is 0. The smallest absolute Gasteiger partial charge is 0 e. The van der Waals surface area contributed by atoms with Crippen molar-refractivity contribution >= 4 is 0 Å². The molecule has 0 nitrogen and oxygen atoms in total. The van der Waals surface area contributed by atoms with Crippen LogP contribution in [0.5, 0.6) is 0 Å². The second kappa shape index (κ2) is 5.38. The average Bonchev–Trinajstić information content (AvgIpc) is 1.90. The summed E-state index contributed by atoms with van der Waals surface area (Å²) in [5.41, 5.74) is 1.31. The normalized spacial score (nSPS) is 17.9. The maximum Gasteiger partial charge on any atom is 0 e. The van der Waals surface area contributed by atoms with Crippen molar-refractivity contribution in [3.05, 3.63) is 18.1 Å². The second-order valence-electron chi connectivity index (χ2n) is 2.94. The van der Waals surface area contributed by atoms with Crippen LogP contribution in [0.15, 0.2) is 12.2 Å². The quantitative estimate of drug-likeness (QED) is 0.586. The zero-order chi connectivity index (χ0) is 6.69. The van der Waals surface area contributed by atoms with Gasteiger partial charge in [0.2, 0.25) is 0 Å². The molecule has 0 N–H and O–H groups in total. The number of allylic oxidation sites excluding steroid dienone is 1. The molecule has 0 aromatic rings. The van der Waals surface area contributed by atoms with Gasteiger partial charge in [-0.15, -0.1) is 0 Å². The Morgan fingerprint density at radius 1 is 1.20 bits per heavy atom. The van der Waals surface area contributed by atoms with E-state index in [9.17, 15) is 0 Å². The minimum absolute atomic E-state index is 0. The van der Waals surface area contributed by atoms with Gasteiger partial charge in [-0.1, -0.05) is 39.0 Å². The molecule has 0 saturated heterocycles. The molecular formula is C9H15Y-. The van der Waals surface area contributed by atoms with Crippen LogP contribution in [-0.2, 0) is 32.7 Å². The van der Waals surface area contributed by atoms with Gasteiger partial charge in [0.1, 0.15) is 0 Å². The molecular weight excluding hydrogens is 197 g/mol. The van der Waals surface area contributed by atoms with E-state index in [1.165, 1.54) is 37.7 Å². The fraction of sp³-hybridized carbons (Fsp3) is 0.667. The van der Waals surface area contributed by atoms with Crippen LogP contribution in [0, 0.1) is 5.92 Å². The van der Waals surface area contributed by atoms with Crippen molar-refractivity contribution in [3.63, 3.8) is 0 Å². The van der Waals surface area contributed by atoms with Gasteiger partial charge in [0.15, 0.2) is 0 Å². The first-order valence-electron chi connectivity index (χ1n) is 3.81. The average molecular weight is 212 g/mol. The topological polar surface area (TPSA) is 0 Å². The summed E-state index contributed by atoms with van der Waals surface area (Å²) in [4.78, 5) is 0. The molecule has 1 fully saturated rings. The molecule has 1 heteroatoms. The van der Waals surface area contributed by atoms with Crippen molar-refractivity contribution in [1.82, 2.24) is 0 Å². The van der Waals surface area contributed by atoms with Gasteiger partial charge in [-0.2, -0.15) is 0 Å². The van der Waals surface area contributed by atoms with Crippen LogP contribution in [0.25, 0.3) is 0 Å². The van der Waals surface area contributed by atoms with Gasteiger partial charge in [0.25, 0.3) is 0 Å².